The largest absolute Gasteiger partial charge is 0.367 e. The summed E-state index contributed by atoms with van der Waals surface area (Å²) in [5.74, 6) is 3.61. The molecule has 0 saturated heterocycles. The molecule has 1 saturated carbocycles. The number of hydrogen-bond donors (Lipinski definition) is 2. The third kappa shape index (κ3) is 8.47. The van der Waals surface area contributed by atoms with Crippen LogP contribution in [0.1, 0.15) is 57.9 Å². The summed E-state index contributed by atoms with van der Waals surface area (Å²) in [6.07, 6.45) is 7.65. The van der Waals surface area contributed by atoms with Crippen LogP contribution in [0.2, 0.25) is 0 Å². The van der Waals surface area contributed by atoms with E-state index in [1.54, 1.807) is 23.5 Å². The van der Waals surface area contributed by atoms with Gasteiger partial charge in [-0.1, -0.05) is 136 Å². The molecule has 3 aromatic carbocycles. The Balaban J connectivity index is 1.26. The Morgan fingerprint density at radius 1 is 0.609 bits per heavy atom. The summed E-state index contributed by atoms with van der Waals surface area (Å²) in [4.78, 5) is 19.5. The topological polar surface area (TPSA) is 75.6 Å². The lowest BCUT2D eigenvalue weighted by molar-refractivity contribution is 0.616. The van der Waals surface area contributed by atoms with Crippen molar-refractivity contribution < 1.29 is 0 Å². The lowest BCUT2D eigenvalue weighted by atomic mass is 9.97. The quantitative estimate of drug-likeness (QED) is 0.0788. The Morgan fingerprint density at radius 3 is 1.96 bits per heavy atom. The second-order valence-corrected chi connectivity index (χ2v) is 14.0. The molecule has 0 aliphatic heterocycles. The van der Waals surface area contributed by atoms with Crippen LogP contribution in [0.5, 0.6) is 0 Å². The number of aromatic nitrogens is 4. The summed E-state index contributed by atoms with van der Waals surface area (Å²) in [5.41, 5.74) is 7.60. The van der Waals surface area contributed by atoms with Crippen LogP contribution in [-0.2, 0) is 6.54 Å². The molecule has 0 amide bonds. The molecule has 8 heteroatoms. The van der Waals surface area contributed by atoms with E-state index in [0.29, 0.717) is 12.6 Å². The number of thioether (sulfide) groups is 2. The Morgan fingerprint density at radius 2 is 1.22 bits per heavy atom. The highest BCUT2D eigenvalue weighted by molar-refractivity contribution is 7.99. The number of anilines is 2. The highest BCUT2D eigenvalue weighted by Gasteiger charge is 2.16. The Labute approximate surface area is 281 Å². The Hall–Kier alpha value is -3.88. The first-order valence-corrected chi connectivity index (χ1v) is 18.4. The molecule has 2 N–H and O–H groups in total. The van der Waals surface area contributed by atoms with E-state index in [1.807, 2.05) is 24.3 Å². The highest BCUT2D eigenvalue weighted by atomic mass is 32.2. The molecule has 0 bridgehead atoms. The smallest absolute Gasteiger partial charge is 0.190 e. The van der Waals surface area contributed by atoms with Crippen LogP contribution >= 0.6 is 23.5 Å². The average Bonchev–Trinajstić information content (AvgIpc) is 3.37. The van der Waals surface area contributed by atoms with Crippen LogP contribution < -0.4 is 10.6 Å². The Kier molecular flexibility index (Phi) is 11.2. The van der Waals surface area contributed by atoms with Gasteiger partial charge in [-0.2, -0.15) is 0 Å². The fraction of sp³-hybridized carbons (Fsp3) is 0.316. The van der Waals surface area contributed by atoms with Gasteiger partial charge >= 0.3 is 0 Å². The van der Waals surface area contributed by atoms with E-state index in [9.17, 15) is 0 Å². The summed E-state index contributed by atoms with van der Waals surface area (Å²) < 4.78 is 0. The van der Waals surface area contributed by atoms with Crippen LogP contribution in [-0.4, -0.2) is 37.5 Å². The molecular weight excluding hydrogens is 605 g/mol. The summed E-state index contributed by atoms with van der Waals surface area (Å²) in [5, 5.41) is 8.97. The fourth-order valence-corrected chi connectivity index (χ4v) is 7.10. The SMILES string of the molecule is CCSc1nc(NCc2ccccc2-c2cccc(-c3cc(NC4CCCCCC4)nc(SCC)n3)c2)cc(-c2ccccc2)n1. The molecule has 5 aromatic rings. The van der Waals surface area contributed by atoms with Gasteiger partial charge in [0.15, 0.2) is 10.3 Å². The molecule has 46 heavy (non-hydrogen) atoms. The molecule has 0 radical (unpaired) electrons. The zero-order valence-corrected chi connectivity index (χ0v) is 28.3. The van der Waals surface area contributed by atoms with Crippen molar-refractivity contribution in [2.24, 2.45) is 0 Å². The molecule has 2 aromatic heterocycles. The van der Waals surface area contributed by atoms with Gasteiger partial charge in [0.2, 0.25) is 0 Å². The van der Waals surface area contributed by atoms with Gasteiger partial charge in [-0.25, -0.2) is 19.9 Å². The van der Waals surface area contributed by atoms with E-state index < -0.39 is 0 Å². The summed E-state index contributed by atoms with van der Waals surface area (Å²) >= 11 is 3.35. The first-order valence-electron chi connectivity index (χ1n) is 16.5. The maximum atomic E-state index is 4.98. The minimum absolute atomic E-state index is 0.478. The second kappa shape index (κ2) is 16.1. The van der Waals surface area contributed by atoms with Gasteiger partial charge in [0.05, 0.1) is 11.4 Å². The van der Waals surface area contributed by atoms with Gasteiger partial charge in [-0.3, -0.25) is 0 Å². The maximum Gasteiger partial charge on any atom is 0.190 e. The van der Waals surface area contributed by atoms with E-state index >= 15 is 0 Å². The van der Waals surface area contributed by atoms with Gasteiger partial charge in [0.25, 0.3) is 0 Å². The van der Waals surface area contributed by atoms with Gasteiger partial charge in [-0.15, -0.1) is 0 Å². The molecular formula is C38H42N6S2. The number of hydrogen-bond acceptors (Lipinski definition) is 8. The van der Waals surface area contributed by atoms with Crippen molar-refractivity contribution in [2.75, 3.05) is 22.1 Å². The average molecular weight is 647 g/mol. The van der Waals surface area contributed by atoms with Crippen molar-refractivity contribution >= 4 is 35.2 Å². The van der Waals surface area contributed by atoms with E-state index in [0.717, 1.165) is 61.5 Å². The molecule has 2 heterocycles. The first kappa shape index (κ1) is 32.1. The van der Waals surface area contributed by atoms with Crippen molar-refractivity contribution in [1.82, 2.24) is 19.9 Å². The Bertz CT molecular complexity index is 1720. The van der Waals surface area contributed by atoms with Crippen LogP contribution in [0.3, 0.4) is 0 Å². The zero-order chi connectivity index (χ0) is 31.6. The van der Waals surface area contributed by atoms with Crippen molar-refractivity contribution in [3.63, 3.8) is 0 Å². The molecule has 1 aliphatic carbocycles. The van der Waals surface area contributed by atoms with Crippen molar-refractivity contribution in [2.45, 2.75) is 75.3 Å². The molecule has 6 rings (SSSR count). The molecule has 0 atom stereocenters. The van der Waals surface area contributed by atoms with Gasteiger partial charge in [-0.05, 0) is 47.1 Å². The molecule has 0 spiro atoms. The zero-order valence-electron chi connectivity index (χ0n) is 26.7. The molecule has 0 unspecified atom stereocenters. The van der Waals surface area contributed by atoms with E-state index in [2.05, 4.69) is 91.2 Å². The van der Waals surface area contributed by atoms with Crippen molar-refractivity contribution in [3.05, 3.63) is 96.6 Å². The van der Waals surface area contributed by atoms with Crippen molar-refractivity contribution in [1.29, 1.82) is 0 Å². The standard InChI is InChI=1S/C38H42N6S2/c1-3-45-37-41-33(27-15-8-7-9-16-27)24-35(43-37)39-26-30-17-12-13-22-32(30)28-18-14-19-29(23-28)34-25-36(44-38(42-34)46-4-2)40-31-20-10-5-6-11-21-31/h7-9,12-19,22-25,31H,3-6,10-11,20-21,26H2,1-2H3,(H,39,41,43)(H,40,42,44). The monoisotopic (exact) mass is 646 g/mol. The second-order valence-electron chi connectivity index (χ2n) is 11.5. The number of rotatable bonds is 12. The minimum Gasteiger partial charge on any atom is -0.367 e. The van der Waals surface area contributed by atoms with Gasteiger partial charge in [0, 0.05) is 35.8 Å². The van der Waals surface area contributed by atoms with Crippen LogP contribution in [0.4, 0.5) is 11.6 Å². The molecule has 6 nitrogen and oxygen atoms in total. The van der Waals surface area contributed by atoms with Crippen LogP contribution in [0.25, 0.3) is 33.6 Å². The van der Waals surface area contributed by atoms with Gasteiger partial charge in [0.1, 0.15) is 11.6 Å². The highest BCUT2D eigenvalue weighted by Crippen LogP contribution is 2.32. The normalized spacial score (nSPS) is 13.7. The third-order valence-electron chi connectivity index (χ3n) is 8.18. The maximum absolute atomic E-state index is 4.98. The van der Waals surface area contributed by atoms with Crippen molar-refractivity contribution in [3.8, 4) is 33.6 Å². The third-order valence-corrected chi connectivity index (χ3v) is 9.64. The summed E-state index contributed by atoms with van der Waals surface area (Å²) in [6.45, 7) is 4.92. The number of nitrogens with zero attached hydrogens (tertiary/aromatic N) is 4. The lowest BCUT2D eigenvalue weighted by Crippen LogP contribution is -2.19. The number of nitrogens with one attached hydrogen (secondary N) is 2. The van der Waals surface area contributed by atoms with Crippen LogP contribution in [0, 0.1) is 0 Å². The summed E-state index contributed by atoms with van der Waals surface area (Å²) in [6, 6.07) is 32.3. The summed E-state index contributed by atoms with van der Waals surface area (Å²) in [7, 11) is 0. The predicted molar refractivity (Wildman–Crippen MR) is 196 cm³/mol. The van der Waals surface area contributed by atoms with E-state index in [-0.39, 0.29) is 0 Å². The van der Waals surface area contributed by atoms with E-state index in [1.165, 1.54) is 49.7 Å². The number of benzene rings is 3. The predicted octanol–water partition coefficient (Wildman–Crippen LogP) is 10.2. The lowest BCUT2D eigenvalue weighted by Gasteiger charge is -2.18. The first-order chi connectivity index (χ1) is 22.7. The van der Waals surface area contributed by atoms with Gasteiger partial charge < -0.3 is 10.6 Å². The molecule has 1 aliphatic rings. The fourth-order valence-electron chi connectivity index (χ4n) is 5.93. The van der Waals surface area contributed by atoms with Crippen LogP contribution in [0.15, 0.2) is 101 Å². The molecule has 1 fully saturated rings. The minimum atomic E-state index is 0.478. The molecule has 236 valence electrons. The van der Waals surface area contributed by atoms with E-state index in [4.69, 9.17) is 19.9 Å².